The SMILES string of the molecule is Cc1cccc2nc(CN(CCCO)c3ccccc3)cn12. The molecule has 0 saturated carbocycles. The van der Waals surface area contributed by atoms with E-state index in [0.717, 1.165) is 36.5 Å². The number of hydrogen-bond acceptors (Lipinski definition) is 3. The van der Waals surface area contributed by atoms with E-state index in [1.54, 1.807) is 0 Å². The number of benzene rings is 1. The zero-order valence-corrected chi connectivity index (χ0v) is 12.8. The van der Waals surface area contributed by atoms with Gasteiger partial charge in [-0.05, 0) is 37.6 Å². The third-order valence-corrected chi connectivity index (χ3v) is 3.81. The average Bonchev–Trinajstić information content (AvgIpc) is 2.96. The predicted molar refractivity (Wildman–Crippen MR) is 89.1 cm³/mol. The third-order valence-electron chi connectivity index (χ3n) is 3.81. The molecule has 0 spiro atoms. The quantitative estimate of drug-likeness (QED) is 0.760. The van der Waals surface area contributed by atoms with Crippen molar-refractivity contribution in [3.05, 3.63) is 66.1 Å². The number of aliphatic hydroxyl groups is 1. The van der Waals surface area contributed by atoms with Gasteiger partial charge >= 0.3 is 0 Å². The fraction of sp³-hybridized carbons (Fsp3) is 0.278. The van der Waals surface area contributed by atoms with Crippen LogP contribution in [-0.2, 0) is 6.54 Å². The fourth-order valence-corrected chi connectivity index (χ4v) is 2.67. The number of aliphatic hydroxyl groups excluding tert-OH is 1. The Balaban J connectivity index is 1.86. The Bertz CT molecular complexity index is 736. The number of fused-ring (bicyclic) bond motifs is 1. The molecule has 3 aromatic rings. The molecule has 0 radical (unpaired) electrons. The summed E-state index contributed by atoms with van der Waals surface area (Å²) in [6.07, 6.45) is 2.85. The maximum absolute atomic E-state index is 9.13. The minimum Gasteiger partial charge on any atom is -0.396 e. The van der Waals surface area contributed by atoms with Crippen LogP contribution >= 0.6 is 0 Å². The second-order valence-electron chi connectivity index (χ2n) is 5.46. The molecule has 3 rings (SSSR count). The van der Waals surface area contributed by atoms with E-state index in [1.807, 2.05) is 30.3 Å². The van der Waals surface area contributed by atoms with Gasteiger partial charge in [-0.2, -0.15) is 0 Å². The van der Waals surface area contributed by atoms with E-state index in [2.05, 4.69) is 40.6 Å². The van der Waals surface area contributed by atoms with E-state index in [0.29, 0.717) is 0 Å². The number of aryl methyl sites for hydroxylation is 1. The van der Waals surface area contributed by atoms with Crippen LogP contribution in [-0.4, -0.2) is 27.6 Å². The molecule has 0 fully saturated rings. The lowest BCUT2D eigenvalue weighted by Gasteiger charge is -2.23. The maximum atomic E-state index is 9.13. The minimum absolute atomic E-state index is 0.202. The summed E-state index contributed by atoms with van der Waals surface area (Å²) < 4.78 is 2.12. The normalized spacial score (nSPS) is 11.0. The van der Waals surface area contributed by atoms with Gasteiger partial charge in [-0.15, -0.1) is 0 Å². The summed E-state index contributed by atoms with van der Waals surface area (Å²) in [6, 6.07) is 16.4. The van der Waals surface area contributed by atoms with Gasteiger partial charge in [-0.1, -0.05) is 24.3 Å². The van der Waals surface area contributed by atoms with E-state index >= 15 is 0 Å². The highest BCUT2D eigenvalue weighted by atomic mass is 16.3. The van der Waals surface area contributed by atoms with E-state index in [-0.39, 0.29) is 6.61 Å². The highest BCUT2D eigenvalue weighted by Gasteiger charge is 2.10. The second kappa shape index (κ2) is 6.62. The summed E-state index contributed by atoms with van der Waals surface area (Å²) in [5.74, 6) is 0. The average molecular weight is 295 g/mol. The van der Waals surface area contributed by atoms with Crippen LogP contribution < -0.4 is 4.90 Å². The topological polar surface area (TPSA) is 40.8 Å². The molecule has 4 nitrogen and oxygen atoms in total. The Hall–Kier alpha value is -2.33. The Kier molecular flexibility index (Phi) is 4.39. The number of pyridine rings is 1. The lowest BCUT2D eigenvalue weighted by atomic mass is 10.2. The van der Waals surface area contributed by atoms with Crippen LogP contribution in [0.4, 0.5) is 5.69 Å². The number of imidazole rings is 1. The van der Waals surface area contributed by atoms with Gasteiger partial charge in [0.1, 0.15) is 5.65 Å². The molecule has 0 unspecified atom stereocenters. The molecule has 1 aromatic carbocycles. The van der Waals surface area contributed by atoms with Crippen molar-refractivity contribution in [2.24, 2.45) is 0 Å². The fourth-order valence-electron chi connectivity index (χ4n) is 2.67. The zero-order chi connectivity index (χ0) is 15.4. The van der Waals surface area contributed by atoms with Crippen molar-refractivity contribution in [2.45, 2.75) is 19.9 Å². The molecule has 0 amide bonds. The molecule has 0 aliphatic rings. The molecule has 0 atom stereocenters. The highest BCUT2D eigenvalue weighted by molar-refractivity contribution is 5.47. The first-order chi connectivity index (χ1) is 10.8. The number of nitrogens with zero attached hydrogens (tertiary/aromatic N) is 3. The van der Waals surface area contributed by atoms with Gasteiger partial charge in [0, 0.05) is 30.7 Å². The summed E-state index contributed by atoms with van der Waals surface area (Å²) in [6.45, 7) is 3.84. The van der Waals surface area contributed by atoms with Crippen molar-refractivity contribution < 1.29 is 5.11 Å². The van der Waals surface area contributed by atoms with Crippen molar-refractivity contribution in [3.8, 4) is 0 Å². The first-order valence-corrected chi connectivity index (χ1v) is 7.62. The van der Waals surface area contributed by atoms with Gasteiger partial charge in [0.2, 0.25) is 0 Å². The van der Waals surface area contributed by atoms with Crippen molar-refractivity contribution in [2.75, 3.05) is 18.1 Å². The summed E-state index contributed by atoms with van der Waals surface area (Å²) >= 11 is 0. The van der Waals surface area contributed by atoms with Crippen molar-refractivity contribution in [3.63, 3.8) is 0 Å². The van der Waals surface area contributed by atoms with Gasteiger partial charge in [0.25, 0.3) is 0 Å². The van der Waals surface area contributed by atoms with Crippen LogP contribution in [0.15, 0.2) is 54.7 Å². The van der Waals surface area contributed by atoms with Gasteiger partial charge < -0.3 is 14.4 Å². The van der Waals surface area contributed by atoms with Crippen LogP contribution in [0.1, 0.15) is 17.8 Å². The molecule has 2 aromatic heterocycles. The highest BCUT2D eigenvalue weighted by Crippen LogP contribution is 2.18. The summed E-state index contributed by atoms with van der Waals surface area (Å²) in [4.78, 5) is 6.96. The first-order valence-electron chi connectivity index (χ1n) is 7.62. The molecule has 0 aliphatic heterocycles. The van der Waals surface area contributed by atoms with Crippen LogP contribution in [0.2, 0.25) is 0 Å². The first kappa shape index (κ1) is 14.6. The maximum Gasteiger partial charge on any atom is 0.137 e. The number of aromatic nitrogens is 2. The van der Waals surface area contributed by atoms with Gasteiger partial charge in [0.15, 0.2) is 0 Å². The Morgan fingerprint density at radius 2 is 1.91 bits per heavy atom. The van der Waals surface area contributed by atoms with Crippen LogP contribution in [0.25, 0.3) is 5.65 Å². The predicted octanol–water partition coefficient (Wildman–Crippen LogP) is 3.03. The molecule has 1 N–H and O–H groups in total. The Labute approximate surface area is 130 Å². The van der Waals surface area contributed by atoms with E-state index in [9.17, 15) is 0 Å². The van der Waals surface area contributed by atoms with Crippen LogP contribution in [0, 0.1) is 6.92 Å². The molecular weight excluding hydrogens is 274 g/mol. The molecule has 4 heteroatoms. The van der Waals surface area contributed by atoms with Gasteiger partial charge in [-0.3, -0.25) is 0 Å². The smallest absolute Gasteiger partial charge is 0.137 e. The molecule has 114 valence electrons. The van der Waals surface area contributed by atoms with Crippen molar-refractivity contribution in [1.82, 2.24) is 9.38 Å². The van der Waals surface area contributed by atoms with E-state index in [1.165, 1.54) is 5.69 Å². The van der Waals surface area contributed by atoms with Crippen molar-refractivity contribution in [1.29, 1.82) is 0 Å². The third kappa shape index (κ3) is 3.12. The lowest BCUT2D eigenvalue weighted by Crippen LogP contribution is -2.24. The van der Waals surface area contributed by atoms with Gasteiger partial charge in [-0.25, -0.2) is 4.98 Å². The van der Waals surface area contributed by atoms with E-state index < -0.39 is 0 Å². The number of rotatable bonds is 6. The van der Waals surface area contributed by atoms with E-state index in [4.69, 9.17) is 10.1 Å². The Morgan fingerprint density at radius 3 is 2.64 bits per heavy atom. The zero-order valence-electron chi connectivity index (χ0n) is 12.8. The van der Waals surface area contributed by atoms with Crippen molar-refractivity contribution >= 4 is 11.3 Å². The molecule has 2 heterocycles. The molecule has 0 saturated heterocycles. The summed E-state index contributed by atoms with van der Waals surface area (Å²) in [5.41, 5.74) is 4.35. The standard InChI is InChI=1S/C18H21N3O/c1-15-7-5-10-18-19-16(14-21(15)18)13-20(11-6-12-22)17-8-3-2-4-9-17/h2-5,7-10,14,22H,6,11-13H2,1H3. The minimum atomic E-state index is 0.202. The largest absolute Gasteiger partial charge is 0.396 e. The summed E-state index contributed by atoms with van der Waals surface area (Å²) in [5, 5.41) is 9.13. The number of para-hydroxylation sites is 1. The monoisotopic (exact) mass is 295 g/mol. The molecular formula is C18H21N3O. The number of hydrogen-bond donors (Lipinski definition) is 1. The van der Waals surface area contributed by atoms with Crippen LogP contribution in [0.5, 0.6) is 0 Å². The lowest BCUT2D eigenvalue weighted by molar-refractivity contribution is 0.289. The molecule has 0 aliphatic carbocycles. The van der Waals surface area contributed by atoms with Crippen LogP contribution in [0.3, 0.4) is 0 Å². The molecule has 22 heavy (non-hydrogen) atoms. The second-order valence-corrected chi connectivity index (χ2v) is 5.46. The Morgan fingerprint density at radius 1 is 1.09 bits per heavy atom. The molecule has 0 bridgehead atoms. The van der Waals surface area contributed by atoms with Gasteiger partial charge in [0.05, 0.1) is 12.2 Å². The summed E-state index contributed by atoms with van der Waals surface area (Å²) in [7, 11) is 0. The number of anilines is 1.